The number of benzene rings is 2. The van der Waals surface area contributed by atoms with Crippen molar-refractivity contribution in [2.24, 2.45) is 5.92 Å². The van der Waals surface area contributed by atoms with Crippen LogP contribution in [-0.4, -0.2) is 12.4 Å². The predicted octanol–water partition coefficient (Wildman–Crippen LogP) is 3.53. The third kappa shape index (κ3) is 3.38. The Morgan fingerprint density at radius 2 is 1.75 bits per heavy atom. The number of carbonyl (C=O) groups excluding carboxylic acids is 1. The Hall–Kier alpha value is -2.29. The molecule has 0 aliphatic carbocycles. The summed E-state index contributed by atoms with van der Waals surface area (Å²) in [5.74, 6) is 1.18. The average molecular weight is 269 g/mol. The molecule has 0 saturated carbocycles. The van der Waals surface area contributed by atoms with Crippen LogP contribution in [0.2, 0.25) is 0 Å². The van der Waals surface area contributed by atoms with E-state index in [-0.39, 0.29) is 5.78 Å². The number of hydrogen-bond acceptors (Lipinski definition) is 3. The van der Waals surface area contributed by atoms with E-state index in [9.17, 15) is 4.79 Å². The molecule has 0 aliphatic heterocycles. The molecule has 0 aromatic heterocycles. The first-order valence-corrected chi connectivity index (χ1v) is 6.70. The zero-order valence-corrected chi connectivity index (χ0v) is 11.8. The summed E-state index contributed by atoms with van der Waals surface area (Å²) in [6, 6.07) is 14.3. The van der Waals surface area contributed by atoms with Crippen molar-refractivity contribution in [3.05, 3.63) is 59.7 Å². The van der Waals surface area contributed by atoms with E-state index in [1.54, 1.807) is 24.3 Å². The molecule has 2 rings (SSSR count). The summed E-state index contributed by atoms with van der Waals surface area (Å²) in [5.41, 5.74) is 7.46. The molecule has 104 valence electrons. The van der Waals surface area contributed by atoms with E-state index < -0.39 is 0 Å². The Balaban J connectivity index is 2.14. The van der Waals surface area contributed by atoms with Gasteiger partial charge in [-0.25, -0.2) is 0 Å². The highest BCUT2D eigenvalue weighted by atomic mass is 16.5. The number of rotatable bonds is 5. The van der Waals surface area contributed by atoms with Crippen molar-refractivity contribution in [1.82, 2.24) is 0 Å². The second kappa shape index (κ2) is 6.24. The van der Waals surface area contributed by atoms with Gasteiger partial charge in [0, 0.05) is 16.8 Å². The normalized spacial score (nSPS) is 10.6. The number of ketones is 1. The molecule has 0 unspecified atom stereocenters. The summed E-state index contributed by atoms with van der Waals surface area (Å²) in [6.45, 7) is 4.85. The molecular formula is C17H19NO2. The van der Waals surface area contributed by atoms with Gasteiger partial charge in [-0.3, -0.25) is 4.79 Å². The fourth-order valence-corrected chi connectivity index (χ4v) is 1.82. The highest BCUT2D eigenvalue weighted by Crippen LogP contribution is 2.19. The van der Waals surface area contributed by atoms with E-state index >= 15 is 0 Å². The first-order valence-electron chi connectivity index (χ1n) is 6.70. The molecule has 0 fully saturated rings. The van der Waals surface area contributed by atoms with Crippen LogP contribution in [0, 0.1) is 5.92 Å². The zero-order chi connectivity index (χ0) is 14.5. The van der Waals surface area contributed by atoms with E-state index in [1.807, 2.05) is 24.3 Å². The lowest BCUT2D eigenvalue weighted by molar-refractivity contribution is 0.103. The Labute approximate surface area is 119 Å². The number of ether oxygens (including phenoxy) is 1. The molecule has 20 heavy (non-hydrogen) atoms. The SMILES string of the molecule is CC(C)COc1ccc(C(=O)c2ccccc2N)cc1. The molecule has 2 N–H and O–H groups in total. The summed E-state index contributed by atoms with van der Waals surface area (Å²) >= 11 is 0. The Morgan fingerprint density at radius 1 is 1.10 bits per heavy atom. The van der Waals surface area contributed by atoms with E-state index in [0.29, 0.717) is 29.3 Å². The maximum atomic E-state index is 12.3. The van der Waals surface area contributed by atoms with E-state index in [2.05, 4.69) is 13.8 Å². The Bertz CT molecular complexity index is 588. The fourth-order valence-electron chi connectivity index (χ4n) is 1.82. The number of nitrogen functional groups attached to an aromatic ring is 1. The topological polar surface area (TPSA) is 52.3 Å². The second-order valence-corrected chi connectivity index (χ2v) is 5.15. The van der Waals surface area contributed by atoms with Crippen LogP contribution in [0.25, 0.3) is 0 Å². The smallest absolute Gasteiger partial charge is 0.195 e. The highest BCUT2D eigenvalue weighted by Gasteiger charge is 2.11. The fraction of sp³-hybridized carbons (Fsp3) is 0.235. The molecule has 0 bridgehead atoms. The van der Waals surface area contributed by atoms with Crippen LogP contribution in [0.3, 0.4) is 0 Å². The molecule has 0 heterocycles. The maximum absolute atomic E-state index is 12.3. The standard InChI is InChI=1S/C17H19NO2/c1-12(2)11-20-14-9-7-13(8-10-14)17(19)15-5-3-4-6-16(15)18/h3-10,12H,11,18H2,1-2H3. The molecule has 0 saturated heterocycles. The lowest BCUT2D eigenvalue weighted by Gasteiger charge is -2.09. The number of para-hydroxylation sites is 1. The van der Waals surface area contributed by atoms with Crippen molar-refractivity contribution in [2.45, 2.75) is 13.8 Å². The molecule has 0 spiro atoms. The third-order valence-electron chi connectivity index (χ3n) is 2.91. The molecule has 0 amide bonds. The molecule has 0 aliphatic rings. The zero-order valence-electron chi connectivity index (χ0n) is 11.8. The predicted molar refractivity (Wildman–Crippen MR) is 81.1 cm³/mol. The molecule has 3 nitrogen and oxygen atoms in total. The van der Waals surface area contributed by atoms with Crippen molar-refractivity contribution in [1.29, 1.82) is 0 Å². The summed E-state index contributed by atoms with van der Waals surface area (Å²) in [6.07, 6.45) is 0. The van der Waals surface area contributed by atoms with Gasteiger partial charge in [-0.05, 0) is 42.3 Å². The summed E-state index contributed by atoms with van der Waals surface area (Å²) in [7, 11) is 0. The van der Waals surface area contributed by atoms with Crippen LogP contribution >= 0.6 is 0 Å². The molecular weight excluding hydrogens is 250 g/mol. The van der Waals surface area contributed by atoms with E-state index in [1.165, 1.54) is 0 Å². The largest absolute Gasteiger partial charge is 0.493 e. The van der Waals surface area contributed by atoms with Gasteiger partial charge in [0.1, 0.15) is 5.75 Å². The van der Waals surface area contributed by atoms with Gasteiger partial charge >= 0.3 is 0 Å². The van der Waals surface area contributed by atoms with E-state index in [0.717, 1.165) is 5.75 Å². The van der Waals surface area contributed by atoms with E-state index in [4.69, 9.17) is 10.5 Å². The van der Waals surface area contributed by atoms with Crippen LogP contribution in [-0.2, 0) is 0 Å². The first-order chi connectivity index (χ1) is 9.58. The van der Waals surface area contributed by atoms with Gasteiger partial charge < -0.3 is 10.5 Å². The van der Waals surface area contributed by atoms with Crippen molar-refractivity contribution in [3.8, 4) is 5.75 Å². The highest BCUT2D eigenvalue weighted by molar-refractivity contribution is 6.12. The molecule has 3 heteroatoms. The summed E-state index contributed by atoms with van der Waals surface area (Å²) < 4.78 is 5.60. The van der Waals surface area contributed by atoms with Gasteiger partial charge in [0.2, 0.25) is 0 Å². The van der Waals surface area contributed by atoms with Crippen LogP contribution in [0.5, 0.6) is 5.75 Å². The molecule has 2 aromatic rings. The lowest BCUT2D eigenvalue weighted by Crippen LogP contribution is -2.06. The van der Waals surface area contributed by atoms with Crippen molar-refractivity contribution >= 4 is 11.5 Å². The van der Waals surface area contributed by atoms with Gasteiger partial charge in [-0.1, -0.05) is 26.0 Å². The van der Waals surface area contributed by atoms with Gasteiger partial charge in [-0.2, -0.15) is 0 Å². The number of hydrogen-bond donors (Lipinski definition) is 1. The van der Waals surface area contributed by atoms with Crippen molar-refractivity contribution < 1.29 is 9.53 Å². The number of nitrogens with two attached hydrogens (primary N) is 1. The number of carbonyl (C=O) groups is 1. The quantitative estimate of drug-likeness (QED) is 0.667. The van der Waals surface area contributed by atoms with Crippen molar-refractivity contribution in [2.75, 3.05) is 12.3 Å². The second-order valence-electron chi connectivity index (χ2n) is 5.15. The third-order valence-corrected chi connectivity index (χ3v) is 2.91. The average Bonchev–Trinajstić information content (AvgIpc) is 2.45. The first kappa shape index (κ1) is 14.1. The molecule has 0 atom stereocenters. The monoisotopic (exact) mass is 269 g/mol. The van der Waals surface area contributed by atoms with Crippen LogP contribution in [0.1, 0.15) is 29.8 Å². The minimum atomic E-state index is -0.0708. The summed E-state index contributed by atoms with van der Waals surface area (Å²) in [4.78, 5) is 12.3. The number of anilines is 1. The van der Waals surface area contributed by atoms with Crippen LogP contribution in [0.4, 0.5) is 5.69 Å². The van der Waals surface area contributed by atoms with Crippen LogP contribution < -0.4 is 10.5 Å². The lowest BCUT2D eigenvalue weighted by atomic mass is 10.0. The molecule has 0 radical (unpaired) electrons. The minimum Gasteiger partial charge on any atom is -0.493 e. The van der Waals surface area contributed by atoms with Crippen molar-refractivity contribution in [3.63, 3.8) is 0 Å². The summed E-state index contributed by atoms with van der Waals surface area (Å²) in [5, 5.41) is 0. The Kier molecular flexibility index (Phi) is 4.41. The van der Waals surface area contributed by atoms with Gasteiger partial charge in [0.05, 0.1) is 6.61 Å². The maximum Gasteiger partial charge on any atom is 0.195 e. The van der Waals surface area contributed by atoms with Gasteiger partial charge in [-0.15, -0.1) is 0 Å². The van der Waals surface area contributed by atoms with Gasteiger partial charge in [0.15, 0.2) is 5.78 Å². The Morgan fingerprint density at radius 3 is 2.35 bits per heavy atom. The minimum absolute atomic E-state index is 0.0708. The van der Waals surface area contributed by atoms with Crippen LogP contribution in [0.15, 0.2) is 48.5 Å². The van der Waals surface area contributed by atoms with Gasteiger partial charge in [0.25, 0.3) is 0 Å². The molecule has 2 aromatic carbocycles.